The van der Waals surface area contributed by atoms with E-state index in [2.05, 4.69) is 23.3 Å². The predicted octanol–water partition coefficient (Wildman–Crippen LogP) is -4.00. The molecule has 32 heavy (non-hydrogen) atoms. The van der Waals surface area contributed by atoms with Gasteiger partial charge in [0.05, 0.1) is 18.9 Å². The number of hydrogen-bond acceptors (Lipinski definition) is 9. The van der Waals surface area contributed by atoms with Crippen LogP contribution < -0.4 is 27.4 Å². The Hall–Kier alpha value is -3.40. The third-order valence-corrected chi connectivity index (χ3v) is 4.24. The van der Waals surface area contributed by atoms with Crippen LogP contribution in [0.2, 0.25) is 0 Å². The maximum atomic E-state index is 12.6. The van der Waals surface area contributed by atoms with Crippen molar-refractivity contribution in [3.63, 3.8) is 0 Å². The summed E-state index contributed by atoms with van der Waals surface area (Å²) in [5, 5.41) is 32.8. The van der Waals surface area contributed by atoms with E-state index in [1.165, 1.54) is 0 Å². The van der Waals surface area contributed by atoms with Gasteiger partial charge in [-0.25, -0.2) is 4.79 Å². The Labute approximate surface area is 186 Å². The van der Waals surface area contributed by atoms with E-state index < -0.39 is 91.4 Å². The Morgan fingerprint density at radius 2 is 1.25 bits per heavy atom. The van der Waals surface area contributed by atoms with Gasteiger partial charge in [-0.3, -0.25) is 28.8 Å². The highest BCUT2D eigenvalue weighted by atomic mass is 32.1. The molecule has 4 atom stereocenters. The van der Waals surface area contributed by atoms with E-state index in [4.69, 9.17) is 26.8 Å². The van der Waals surface area contributed by atoms with Crippen molar-refractivity contribution in [2.24, 2.45) is 11.5 Å². The number of rotatable bonds is 15. The number of primary amides is 1. The summed E-state index contributed by atoms with van der Waals surface area (Å²) in [5.74, 6) is -8.82. The minimum absolute atomic E-state index is 0.0967. The predicted molar refractivity (Wildman–Crippen MR) is 108 cm³/mol. The molecule has 0 heterocycles. The summed E-state index contributed by atoms with van der Waals surface area (Å²) in [7, 11) is 0. The number of carboxylic acids is 3. The molecule has 180 valence electrons. The van der Waals surface area contributed by atoms with Crippen molar-refractivity contribution in [2.75, 3.05) is 5.75 Å². The molecule has 4 amide bonds. The molecule has 4 unspecified atom stereocenters. The fourth-order valence-electron chi connectivity index (χ4n) is 2.23. The largest absolute Gasteiger partial charge is 0.481 e. The van der Waals surface area contributed by atoms with E-state index in [1.54, 1.807) is 0 Å². The van der Waals surface area contributed by atoms with E-state index >= 15 is 0 Å². The Balaban J connectivity index is 5.58. The standard InChI is InChI=1S/C16H25N5O10S/c17-6(5-32)13(27)20-8(3-10(18)22)15(29)19-7(1-2-11(23)24)14(28)21-9(16(30)31)4-12(25)26/h6-9,32H,1-5,17H2,(H2,18,22)(H,19,29)(H,20,27)(H,21,28)(H,23,24)(H,25,26)(H,30,31). The molecule has 0 aromatic rings. The van der Waals surface area contributed by atoms with E-state index in [1.807, 2.05) is 5.32 Å². The number of nitrogens with one attached hydrogen (secondary N) is 3. The highest BCUT2D eigenvalue weighted by Gasteiger charge is 2.31. The highest BCUT2D eigenvalue weighted by molar-refractivity contribution is 7.80. The van der Waals surface area contributed by atoms with Crippen molar-refractivity contribution in [1.82, 2.24) is 16.0 Å². The molecular formula is C16H25N5O10S. The average molecular weight is 479 g/mol. The Kier molecular flexibility index (Phi) is 12.3. The van der Waals surface area contributed by atoms with Crippen LogP contribution in [0.4, 0.5) is 0 Å². The first-order valence-corrected chi connectivity index (χ1v) is 9.63. The van der Waals surface area contributed by atoms with Crippen molar-refractivity contribution in [1.29, 1.82) is 0 Å². The average Bonchev–Trinajstić information content (AvgIpc) is 2.67. The number of amides is 4. The van der Waals surface area contributed by atoms with Gasteiger partial charge in [-0.05, 0) is 6.42 Å². The van der Waals surface area contributed by atoms with Crippen molar-refractivity contribution >= 4 is 54.2 Å². The molecule has 15 nitrogen and oxygen atoms in total. The van der Waals surface area contributed by atoms with Crippen molar-refractivity contribution in [2.45, 2.75) is 49.9 Å². The van der Waals surface area contributed by atoms with Crippen LogP contribution in [0.5, 0.6) is 0 Å². The number of aliphatic carboxylic acids is 3. The molecule has 0 saturated heterocycles. The number of nitrogens with two attached hydrogens (primary N) is 2. The van der Waals surface area contributed by atoms with Crippen LogP contribution in [0.1, 0.15) is 25.7 Å². The summed E-state index contributed by atoms with van der Waals surface area (Å²) >= 11 is 3.82. The van der Waals surface area contributed by atoms with Gasteiger partial charge in [0.25, 0.3) is 0 Å². The Morgan fingerprint density at radius 1 is 0.750 bits per heavy atom. The lowest BCUT2D eigenvalue weighted by Gasteiger charge is -2.24. The number of hydrogen-bond donors (Lipinski definition) is 9. The van der Waals surface area contributed by atoms with Gasteiger partial charge in [-0.15, -0.1) is 0 Å². The van der Waals surface area contributed by atoms with Crippen molar-refractivity contribution in [3.05, 3.63) is 0 Å². The van der Waals surface area contributed by atoms with Gasteiger partial charge in [-0.1, -0.05) is 0 Å². The number of carbonyl (C=O) groups excluding carboxylic acids is 4. The maximum Gasteiger partial charge on any atom is 0.326 e. The molecule has 0 aromatic heterocycles. The first-order valence-electron chi connectivity index (χ1n) is 9.00. The van der Waals surface area contributed by atoms with Crippen LogP contribution in [-0.2, 0) is 33.6 Å². The van der Waals surface area contributed by atoms with Crippen LogP contribution in [0.3, 0.4) is 0 Å². The fourth-order valence-corrected chi connectivity index (χ4v) is 2.39. The summed E-state index contributed by atoms with van der Waals surface area (Å²) < 4.78 is 0. The smallest absolute Gasteiger partial charge is 0.326 e. The van der Waals surface area contributed by atoms with Gasteiger partial charge in [0.15, 0.2) is 0 Å². The number of carbonyl (C=O) groups is 7. The molecule has 0 aliphatic heterocycles. The second-order valence-corrected chi connectivity index (χ2v) is 6.88. The van der Waals surface area contributed by atoms with Crippen LogP contribution in [0, 0.1) is 0 Å². The second kappa shape index (κ2) is 13.8. The number of thiol groups is 1. The molecule has 10 N–H and O–H groups in total. The van der Waals surface area contributed by atoms with E-state index in [0.29, 0.717) is 0 Å². The first-order chi connectivity index (χ1) is 14.8. The van der Waals surface area contributed by atoms with Crippen LogP contribution in [-0.4, -0.2) is 86.8 Å². The normalized spacial score (nSPS) is 14.2. The van der Waals surface area contributed by atoms with Gasteiger partial charge in [0.1, 0.15) is 18.1 Å². The third kappa shape index (κ3) is 11.1. The van der Waals surface area contributed by atoms with Crippen LogP contribution in [0.15, 0.2) is 0 Å². The SMILES string of the molecule is NC(=O)CC(NC(=O)C(N)CS)C(=O)NC(CCC(=O)O)C(=O)NC(CC(=O)O)C(=O)O. The lowest BCUT2D eigenvalue weighted by molar-refractivity contribution is -0.147. The number of carboxylic acid groups (broad SMARTS) is 3. The minimum atomic E-state index is -1.86. The topological polar surface area (TPSA) is 268 Å². The molecule has 0 fully saturated rings. The van der Waals surface area contributed by atoms with Crippen LogP contribution >= 0.6 is 12.6 Å². The molecule has 0 rings (SSSR count). The lowest BCUT2D eigenvalue weighted by atomic mass is 10.1. The van der Waals surface area contributed by atoms with Crippen molar-refractivity contribution in [3.8, 4) is 0 Å². The van der Waals surface area contributed by atoms with Gasteiger partial charge in [0.2, 0.25) is 23.6 Å². The van der Waals surface area contributed by atoms with Gasteiger partial charge in [-0.2, -0.15) is 12.6 Å². The maximum absolute atomic E-state index is 12.6. The molecular weight excluding hydrogens is 454 g/mol. The van der Waals surface area contributed by atoms with Gasteiger partial charge >= 0.3 is 17.9 Å². The summed E-state index contributed by atoms with van der Waals surface area (Å²) in [6, 6.07) is -6.22. The molecule has 16 heteroatoms. The minimum Gasteiger partial charge on any atom is -0.481 e. The van der Waals surface area contributed by atoms with Crippen molar-refractivity contribution < 1.29 is 48.9 Å². The summed E-state index contributed by atoms with van der Waals surface area (Å²) in [6.45, 7) is 0. The quantitative estimate of drug-likeness (QED) is 0.102. The first kappa shape index (κ1) is 28.6. The molecule has 0 aliphatic carbocycles. The zero-order valence-electron chi connectivity index (χ0n) is 16.6. The molecule has 0 saturated carbocycles. The van der Waals surface area contributed by atoms with Gasteiger partial charge in [0, 0.05) is 12.2 Å². The molecule has 0 aromatic carbocycles. The summed E-state index contributed by atoms with van der Waals surface area (Å²) in [5.41, 5.74) is 10.5. The van der Waals surface area contributed by atoms with E-state index in [-0.39, 0.29) is 5.75 Å². The fraction of sp³-hybridized carbons (Fsp3) is 0.562. The summed E-state index contributed by atoms with van der Waals surface area (Å²) in [6.07, 6.45) is -2.82. The van der Waals surface area contributed by atoms with E-state index in [9.17, 15) is 33.6 Å². The van der Waals surface area contributed by atoms with Gasteiger partial charge < -0.3 is 42.7 Å². The highest BCUT2D eigenvalue weighted by Crippen LogP contribution is 2.04. The molecule has 0 radical (unpaired) electrons. The van der Waals surface area contributed by atoms with Crippen LogP contribution in [0.25, 0.3) is 0 Å². The lowest BCUT2D eigenvalue weighted by Crippen LogP contribution is -2.58. The molecule has 0 bridgehead atoms. The van der Waals surface area contributed by atoms with E-state index in [0.717, 1.165) is 0 Å². The second-order valence-electron chi connectivity index (χ2n) is 6.51. The molecule has 0 aliphatic rings. The third-order valence-electron chi connectivity index (χ3n) is 3.84. The summed E-state index contributed by atoms with van der Waals surface area (Å²) in [4.78, 5) is 81.0. The Morgan fingerprint density at radius 3 is 1.69 bits per heavy atom. The molecule has 0 spiro atoms. The Bertz CT molecular complexity index is 761. The monoisotopic (exact) mass is 479 g/mol. The zero-order valence-corrected chi connectivity index (χ0v) is 17.5. The zero-order chi connectivity index (χ0) is 25.0.